The highest BCUT2D eigenvalue weighted by Gasteiger charge is 2.37. The average molecular weight is 659 g/mol. The van der Waals surface area contributed by atoms with Gasteiger partial charge in [-0.05, 0) is 73.5 Å². The van der Waals surface area contributed by atoms with Crippen molar-refractivity contribution in [3.8, 4) is 5.69 Å². The molecule has 0 saturated heterocycles. The van der Waals surface area contributed by atoms with Crippen molar-refractivity contribution in [1.82, 2.24) is 14.5 Å². The first-order valence-corrected chi connectivity index (χ1v) is 14.3. The molecule has 46 heavy (non-hydrogen) atoms. The number of halogens is 7. The molecule has 1 heterocycles. The van der Waals surface area contributed by atoms with Gasteiger partial charge in [-0.25, -0.2) is 9.78 Å². The minimum absolute atomic E-state index is 0.0186. The van der Waals surface area contributed by atoms with Crippen LogP contribution < -0.4 is 10.9 Å². The smallest absolute Gasteiger partial charge is 0.314 e. The monoisotopic (exact) mass is 658 g/mol. The molecular weight excluding hydrogens is 634 g/mol. The first-order valence-electron chi connectivity index (χ1n) is 13.9. The normalized spacial score (nSPS) is 12.6. The number of nitrogens with one attached hydrogen (secondary N) is 1. The van der Waals surface area contributed by atoms with Gasteiger partial charge in [0, 0.05) is 17.3 Å². The third kappa shape index (κ3) is 7.17. The Labute approximate surface area is 263 Å². The number of hydrogen-bond acceptors (Lipinski definition) is 3. The number of urea groups is 1. The van der Waals surface area contributed by atoms with Crippen molar-refractivity contribution in [2.24, 2.45) is 0 Å². The molecule has 4 aromatic carbocycles. The molecule has 0 aliphatic rings. The van der Waals surface area contributed by atoms with Crippen LogP contribution in [0.15, 0.2) is 102 Å². The summed E-state index contributed by atoms with van der Waals surface area (Å²) in [7, 11) is 0. The van der Waals surface area contributed by atoms with Gasteiger partial charge in [-0.3, -0.25) is 9.36 Å². The molecule has 1 atom stereocenters. The van der Waals surface area contributed by atoms with Crippen LogP contribution in [0.1, 0.15) is 35.5 Å². The van der Waals surface area contributed by atoms with E-state index in [-0.39, 0.29) is 30.2 Å². The number of nitrogens with zero attached hydrogens (tertiary/aromatic N) is 3. The van der Waals surface area contributed by atoms with E-state index in [1.54, 1.807) is 85.8 Å². The molecule has 238 valence electrons. The predicted molar refractivity (Wildman–Crippen MR) is 163 cm³/mol. The Kier molecular flexibility index (Phi) is 9.11. The zero-order valence-electron chi connectivity index (χ0n) is 24.0. The van der Waals surface area contributed by atoms with Gasteiger partial charge in [-0.1, -0.05) is 54.1 Å². The first-order chi connectivity index (χ1) is 21.7. The van der Waals surface area contributed by atoms with Crippen LogP contribution in [0.5, 0.6) is 0 Å². The van der Waals surface area contributed by atoms with Gasteiger partial charge < -0.3 is 10.2 Å². The molecule has 0 fully saturated rings. The zero-order chi connectivity index (χ0) is 33.2. The van der Waals surface area contributed by atoms with Gasteiger partial charge in [0.15, 0.2) is 0 Å². The van der Waals surface area contributed by atoms with Crippen molar-refractivity contribution in [1.29, 1.82) is 0 Å². The van der Waals surface area contributed by atoms with Gasteiger partial charge in [0.1, 0.15) is 5.82 Å². The van der Waals surface area contributed by atoms with Gasteiger partial charge in [-0.2, -0.15) is 26.3 Å². The summed E-state index contributed by atoms with van der Waals surface area (Å²) in [6, 6.07) is 20.7. The third-order valence-electron chi connectivity index (χ3n) is 7.31. The number of anilines is 1. The summed E-state index contributed by atoms with van der Waals surface area (Å²) < 4.78 is 82.6. The second-order valence-corrected chi connectivity index (χ2v) is 10.9. The standard InChI is InChI=1S/C33H25ClF6N4O2/c1-20(29-42-28-10-6-5-9-27(28)30(45)44(29)26-13-11-24(34)12-14-26)43(16-15-21-7-3-2-4-8-21)31(46)41-25-18-22(32(35,36)37)17-23(19-25)33(38,39)40/h2-14,17-20H,15-16H2,1H3,(H,41,46). The van der Waals surface area contributed by atoms with Crippen molar-refractivity contribution in [2.75, 3.05) is 11.9 Å². The molecule has 1 unspecified atom stereocenters. The van der Waals surface area contributed by atoms with Gasteiger partial charge in [0.25, 0.3) is 5.56 Å². The first kappa shape index (κ1) is 32.6. The molecule has 1 aromatic heterocycles. The number of alkyl halides is 6. The minimum Gasteiger partial charge on any atom is -0.314 e. The maximum atomic E-state index is 13.8. The van der Waals surface area contributed by atoms with Crippen molar-refractivity contribution in [3.63, 3.8) is 0 Å². The lowest BCUT2D eigenvalue weighted by atomic mass is 10.1. The van der Waals surface area contributed by atoms with E-state index >= 15 is 0 Å². The maximum Gasteiger partial charge on any atom is 0.416 e. The van der Waals surface area contributed by atoms with E-state index in [1.165, 1.54) is 9.47 Å². The van der Waals surface area contributed by atoms with Crippen molar-refractivity contribution < 1.29 is 31.1 Å². The van der Waals surface area contributed by atoms with Crippen LogP contribution in [-0.4, -0.2) is 27.0 Å². The Morgan fingerprint density at radius 1 is 0.870 bits per heavy atom. The lowest BCUT2D eigenvalue weighted by Crippen LogP contribution is -2.41. The lowest BCUT2D eigenvalue weighted by Gasteiger charge is -2.31. The van der Waals surface area contributed by atoms with E-state index < -0.39 is 46.8 Å². The van der Waals surface area contributed by atoms with E-state index in [4.69, 9.17) is 16.6 Å². The molecule has 0 aliphatic heterocycles. The zero-order valence-corrected chi connectivity index (χ0v) is 24.8. The highest BCUT2D eigenvalue weighted by molar-refractivity contribution is 6.30. The molecule has 0 radical (unpaired) electrons. The maximum absolute atomic E-state index is 13.8. The Hall–Kier alpha value is -4.84. The number of carbonyl (C=O) groups excluding carboxylic acids is 1. The predicted octanol–water partition coefficient (Wildman–Crippen LogP) is 8.91. The Morgan fingerprint density at radius 2 is 1.46 bits per heavy atom. The van der Waals surface area contributed by atoms with Gasteiger partial charge in [0.2, 0.25) is 0 Å². The van der Waals surface area contributed by atoms with E-state index in [1.807, 2.05) is 0 Å². The van der Waals surface area contributed by atoms with Gasteiger partial charge in [0.05, 0.1) is 33.8 Å². The number of para-hydroxylation sites is 1. The third-order valence-corrected chi connectivity index (χ3v) is 7.56. The van der Waals surface area contributed by atoms with Crippen LogP contribution >= 0.6 is 11.6 Å². The van der Waals surface area contributed by atoms with E-state index in [2.05, 4.69) is 5.32 Å². The minimum atomic E-state index is -5.11. The Balaban J connectivity index is 1.62. The van der Waals surface area contributed by atoms with E-state index in [0.29, 0.717) is 28.4 Å². The van der Waals surface area contributed by atoms with E-state index in [9.17, 15) is 35.9 Å². The summed E-state index contributed by atoms with van der Waals surface area (Å²) in [6.07, 6.45) is -9.94. The largest absolute Gasteiger partial charge is 0.416 e. The van der Waals surface area contributed by atoms with Gasteiger partial charge in [-0.15, -0.1) is 0 Å². The fraction of sp³-hybridized carbons (Fsp3) is 0.182. The van der Waals surface area contributed by atoms with Crippen LogP contribution in [0, 0.1) is 0 Å². The topological polar surface area (TPSA) is 67.2 Å². The number of benzene rings is 4. The highest BCUT2D eigenvalue weighted by Crippen LogP contribution is 2.38. The molecule has 5 aromatic rings. The number of fused-ring (bicyclic) bond motifs is 1. The molecule has 2 amide bonds. The second kappa shape index (κ2) is 12.9. The van der Waals surface area contributed by atoms with Crippen molar-refractivity contribution >= 4 is 34.2 Å². The summed E-state index contributed by atoms with van der Waals surface area (Å²) in [5, 5.41) is 2.92. The van der Waals surface area contributed by atoms with Crippen LogP contribution in [0.4, 0.5) is 36.8 Å². The fourth-order valence-electron chi connectivity index (χ4n) is 5.00. The quantitative estimate of drug-likeness (QED) is 0.178. The molecule has 13 heteroatoms. The number of rotatable bonds is 7. The van der Waals surface area contributed by atoms with Crippen LogP contribution in [0.3, 0.4) is 0 Å². The Bertz CT molecular complexity index is 1890. The van der Waals surface area contributed by atoms with Crippen molar-refractivity contribution in [3.05, 3.63) is 135 Å². The van der Waals surface area contributed by atoms with Crippen LogP contribution in [-0.2, 0) is 18.8 Å². The molecule has 0 saturated carbocycles. The lowest BCUT2D eigenvalue weighted by molar-refractivity contribution is -0.143. The van der Waals surface area contributed by atoms with E-state index in [0.717, 1.165) is 5.56 Å². The molecule has 1 N–H and O–H groups in total. The number of amides is 2. The molecule has 0 bridgehead atoms. The molecule has 0 spiro atoms. The number of carbonyl (C=O) groups is 1. The summed E-state index contributed by atoms with van der Waals surface area (Å²) in [5.41, 5.74) is -2.78. The summed E-state index contributed by atoms with van der Waals surface area (Å²) in [4.78, 5) is 33.6. The molecular formula is C33H25ClF6N4O2. The molecule has 5 rings (SSSR count). The van der Waals surface area contributed by atoms with Crippen molar-refractivity contribution in [2.45, 2.75) is 31.7 Å². The fourth-order valence-corrected chi connectivity index (χ4v) is 5.12. The molecule has 6 nitrogen and oxygen atoms in total. The number of aromatic nitrogens is 2. The van der Waals surface area contributed by atoms with Crippen LogP contribution in [0.2, 0.25) is 5.02 Å². The number of hydrogen-bond donors (Lipinski definition) is 1. The second-order valence-electron chi connectivity index (χ2n) is 10.4. The summed E-state index contributed by atoms with van der Waals surface area (Å²) >= 11 is 6.08. The molecule has 0 aliphatic carbocycles. The SMILES string of the molecule is CC(c1nc2ccccc2c(=O)n1-c1ccc(Cl)cc1)N(CCc1ccccc1)C(=O)Nc1cc(C(F)(F)F)cc(C(F)(F)F)c1. The van der Waals surface area contributed by atoms with Crippen LogP contribution in [0.25, 0.3) is 16.6 Å². The Morgan fingerprint density at radius 3 is 2.07 bits per heavy atom. The average Bonchev–Trinajstić information content (AvgIpc) is 3.01. The summed E-state index contributed by atoms with van der Waals surface area (Å²) in [6.45, 7) is 1.53. The highest BCUT2D eigenvalue weighted by atomic mass is 35.5. The summed E-state index contributed by atoms with van der Waals surface area (Å²) in [5.74, 6) is 0.106. The van der Waals surface area contributed by atoms with Gasteiger partial charge >= 0.3 is 18.4 Å².